The first kappa shape index (κ1) is 24.4. The molecule has 0 saturated heterocycles. The Morgan fingerprint density at radius 2 is 1.87 bits per heavy atom. The highest BCUT2D eigenvalue weighted by Crippen LogP contribution is 2.31. The van der Waals surface area contributed by atoms with E-state index in [1.54, 1.807) is 30.3 Å². The van der Waals surface area contributed by atoms with Gasteiger partial charge in [0.1, 0.15) is 22.7 Å². The molecule has 0 unspecified atom stereocenters. The van der Waals surface area contributed by atoms with Gasteiger partial charge in [-0.3, -0.25) is 4.79 Å². The van der Waals surface area contributed by atoms with Crippen LogP contribution in [0.4, 0.5) is 9.52 Å². The number of amides is 1. The van der Waals surface area contributed by atoms with Crippen molar-refractivity contribution in [1.29, 1.82) is 0 Å². The Labute approximate surface area is 225 Å². The summed E-state index contributed by atoms with van der Waals surface area (Å²) in [5.74, 6) is -0.437. The van der Waals surface area contributed by atoms with Gasteiger partial charge in [0, 0.05) is 5.39 Å². The number of carbonyl (C=O) groups is 1. The summed E-state index contributed by atoms with van der Waals surface area (Å²) in [6.07, 6.45) is 1.48. The van der Waals surface area contributed by atoms with Crippen molar-refractivity contribution in [3.63, 3.8) is 0 Å². The van der Waals surface area contributed by atoms with Crippen LogP contribution in [-0.2, 0) is 0 Å². The first-order valence-corrected chi connectivity index (χ1v) is 12.9. The fraction of sp³-hybridized carbons (Fsp3) is 0.0667. The third-order valence-corrected chi connectivity index (χ3v) is 7.09. The minimum atomic E-state index is -0.795. The van der Waals surface area contributed by atoms with Crippen LogP contribution in [0.15, 0.2) is 99.2 Å². The number of anilines is 1. The van der Waals surface area contributed by atoms with Crippen LogP contribution < -0.4 is 15.4 Å². The molecule has 1 amide bonds. The van der Waals surface area contributed by atoms with Crippen molar-refractivity contribution in [2.45, 2.75) is 6.92 Å². The second-order valence-corrected chi connectivity index (χ2v) is 9.63. The van der Waals surface area contributed by atoms with Gasteiger partial charge in [-0.15, -0.1) is 0 Å². The normalized spacial score (nSPS) is 11.5. The molecular weight excluding hydrogens is 517 g/mol. The number of carbonyl (C=O) groups excluding carboxylic acids is 1. The number of hydrogen-bond acceptors (Lipinski definition) is 7. The van der Waals surface area contributed by atoms with Gasteiger partial charge in [-0.1, -0.05) is 41.7 Å². The second-order valence-electron chi connectivity index (χ2n) is 8.62. The van der Waals surface area contributed by atoms with Crippen molar-refractivity contribution < 1.29 is 18.3 Å². The molecule has 0 N–H and O–H groups in total. The predicted molar refractivity (Wildman–Crippen MR) is 152 cm³/mol. The smallest absolute Gasteiger partial charge is 0.349 e. The number of aromatic nitrogens is 1. The van der Waals surface area contributed by atoms with Crippen LogP contribution >= 0.6 is 11.3 Å². The third-order valence-electron chi connectivity index (χ3n) is 6.10. The average molecular weight is 538 g/mol. The Hall–Kier alpha value is -4.89. The molecule has 2 heterocycles. The Morgan fingerprint density at radius 3 is 2.69 bits per heavy atom. The zero-order valence-corrected chi connectivity index (χ0v) is 21.4. The van der Waals surface area contributed by atoms with Gasteiger partial charge in [0.2, 0.25) is 5.13 Å². The van der Waals surface area contributed by atoms with Gasteiger partial charge in [-0.05, 0) is 77.9 Å². The molecule has 0 aliphatic carbocycles. The van der Waals surface area contributed by atoms with E-state index < -0.39 is 17.3 Å². The van der Waals surface area contributed by atoms with Gasteiger partial charge >= 0.3 is 5.63 Å². The number of hydrogen-bond donors (Lipinski definition) is 0. The number of rotatable bonds is 6. The molecule has 0 aliphatic heterocycles. The van der Waals surface area contributed by atoms with E-state index >= 15 is 0 Å². The highest BCUT2D eigenvalue weighted by molar-refractivity contribution is 7.22. The Balaban J connectivity index is 1.47. The molecule has 0 spiro atoms. The van der Waals surface area contributed by atoms with Crippen LogP contribution in [0.1, 0.15) is 22.8 Å². The highest BCUT2D eigenvalue weighted by Gasteiger charge is 2.25. The van der Waals surface area contributed by atoms with E-state index in [2.05, 4.69) is 10.1 Å². The zero-order chi connectivity index (χ0) is 26.9. The monoisotopic (exact) mass is 537 g/mol. The van der Waals surface area contributed by atoms with Crippen LogP contribution in [0.5, 0.6) is 5.75 Å². The molecule has 4 aromatic carbocycles. The lowest BCUT2D eigenvalue weighted by molar-refractivity contribution is 0.0984. The maximum Gasteiger partial charge on any atom is 0.349 e. The van der Waals surface area contributed by atoms with Crippen molar-refractivity contribution in [1.82, 2.24) is 4.98 Å². The molecule has 2 aromatic heterocycles. The van der Waals surface area contributed by atoms with Gasteiger partial charge in [0.15, 0.2) is 0 Å². The van der Waals surface area contributed by atoms with Crippen LogP contribution in [0, 0.1) is 5.82 Å². The summed E-state index contributed by atoms with van der Waals surface area (Å²) in [4.78, 5) is 31.3. The van der Waals surface area contributed by atoms with Crippen LogP contribution in [-0.4, -0.2) is 23.7 Å². The van der Waals surface area contributed by atoms with E-state index in [0.717, 1.165) is 27.1 Å². The van der Waals surface area contributed by atoms with E-state index in [0.29, 0.717) is 39.1 Å². The molecule has 0 fully saturated rings. The summed E-state index contributed by atoms with van der Waals surface area (Å²) in [5.41, 5.74) is 0.571. The maximum atomic E-state index is 13.9. The van der Waals surface area contributed by atoms with Crippen molar-refractivity contribution in [2.24, 2.45) is 5.10 Å². The average Bonchev–Trinajstić information content (AvgIpc) is 3.36. The molecule has 39 heavy (non-hydrogen) atoms. The molecule has 7 nitrogen and oxygen atoms in total. The number of thiazole rings is 1. The summed E-state index contributed by atoms with van der Waals surface area (Å²) in [6, 6.07) is 24.0. The fourth-order valence-corrected chi connectivity index (χ4v) is 5.19. The van der Waals surface area contributed by atoms with E-state index in [-0.39, 0.29) is 10.7 Å². The molecule has 9 heteroatoms. The first-order valence-electron chi connectivity index (χ1n) is 12.1. The predicted octanol–water partition coefficient (Wildman–Crippen LogP) is 6.77. The first-order chi connectivity index (χ1) is 19.0. The summed E-state index contributed by atoms with van der Waals surface area (Å²) in [5, 5.41) is 8.04. The molecule has 0 atom stereocenters. The molecule has 0 saturated carbocycles. The lowest BCUT2D eigenvalue weighted by atomic mass is 10.0. The Kier molecular flexibility index (Phi) is 6.34. The van der Waals surface area contributed by atoms with Crippen LogP contribution in [0.2, 0.25) is 0 Å². The number of ether oxygens (including phenoxy) is 1. The Bertz CT molecular complexity index is 1950. The SMILES string of the molecule is CCOc1ccc(/C=N/N(C(=O)c2cc3c(ccc4ccccc43)oc2=O)c2nc3ccc(F)cc3s2)cc1. The lowest BCUT2D eigenvalue weighted by Gasteiger charge is -2.14. The number of nitrogens with zero attached hydrogens (tertiary/aromatic N) is 3. The minimum absolute atomic E-state index is 0.181. The summed E-state index contributed by atoms with van der Waals surface area (Å²) in [6.45, 7) is 2.44. The lowest BCUT2D eigenvalue weighted by Crippen LogP contribution is -2.30. The summed E-state index contributed by atoms with van der Waals surface area (Å²) >= 11 is 1.09. The number of fused-ring (bicyclic) bond motifs is 4. The highest BCUT2D eigenvalue weighted by atomic mass is 32.1. The molecule has 0 radical (unpaired) electrons. The Morgan fingerprint density at radius 1 is 1.05 bits per heavy atom. The fourth-order valence-electron chi connectivity index (χ4n) is 4.24. The van der Waals surface area contributed by atoms with Crippen molar-refractivity contribution in [2.75, 3.05) is 11.6 Å². The standard InChI is InChI=1S/C30H20FN3O4S/c1-2-37-21-11-7-18(8-12-21)17-32-34(30-33-25-13-10-20(31)15-27(25)39-30)28(35)24-16-23-22-6-4-3-5-19(22)9-14-26(23)38-29(24)36/h3-17H,2H2,1H3/b32-17+. The number of halogens is 1. The molecule has 6 aromatic rings. The van der Waals surface area contributed by atoms with Crippen LogP contribution in [0.3, 0.4) is 0 Å². The molecular formula is C30H20FN3O4S. The van der Waals surface area contributed by atoms with Gasteiger partial charge in [-0.25, -0.2) is 14.2 Å². The third kappa shape index (κ3) is 4.75. The maximum absolute atomic E-state index is 13.9. The van der Waals surface area contributed by atoms with Crippen LogP contribution in [0.25, 0.3) is 32.0 Å². The summed E-state index contributed by atoms with van der Waals surface area (Å²) in [7, 11) is 0. The van der Waals surface area contributed by atoms with Gasteiger partial charge < -0.3 is 9.15 Å². The van der Waals surface area contributed by atoms with E-state index in [9.17, 15) is 14.0 Å². The molecule has 6 rings (SSSR count). The molecule has 192 valence electrons. The number of benzene rings is 4. The quantitative estimate of drug-likeness (QED) is 0.101. The van der Waals surface area contributed by atoms with Gasteiger partial charge in [-0.2, -0.15) is 10.1 Å². The van der Waals surface area contributed by atoms with E-state index in [1.165, 1.54) is 30.5 Å². The second kappa shape index (κ2) is 10.1. The van der Waals surface area contributed by atoms with E-state index in [4.69, 9.17) is 9.15 Å². The zero-order valence-electron chi connectivity index (χ0n) is 20.6. The van der Waals surface area contributed by atoms with Gasteiger partial charge in [0.25, 0.3) is 5.91 Å². The molecule has 0 aliphatic rings. The van der Waals surface area contributed by atoms with Crippen molar-refractivity contribution >= 4 is 60.5 Å². The number of hydrazone groups is 1. The van der Waals surface area contributed by atoms with Gasteiger partial charge in [0.05, 0.1) is 23.0 Å². The van der Waals surface area contributed by atoms with E-state index in [1.807, 2.05) is 37.3 Å². The molecule has 0 bridgehead atoms. The topological polar surface area (TPSA) is 85.0 Å². The summed E-state index contributed by atoms with van der Waals surface area (Å²) < 4.78 is 25.4. The minimum Gasteiger partial charge on any atom is -0.494 e. The largest absolute Gasteiger partial charge is 0.494 e. The van der Waals surface area contributed by atoms with Crippen molar-refractivity contribution in [3.05, 3.63) is 112 Å². The van der Waals surface area contributed by atoms with Crippen molar-refractivity contribution in [3.8, 4) is 5.75 Å².